The molecule has 0 aliphatic heterocycles. The number of anilines is 1. The summed E-state index contributed by atoms with van der Waals surface area (Å²) in [7, 11) is -0.592. The van der Waals surface area contributed by atoms with E-state index in [0.29, 0.717) is 24.1 Å². The van der Waals surface area contributed by atoms with Gasteiger partial charge in [-0.15, -0.1) is 0 Å². The smallest absolute Gasteiger partial charge is 0.242 e. The fraction of sp³-hybridized carbons (Fsp3) is 0.412. The Morgan fingerprint density at radius 2 is 1.92 bits per heavy atom. The Morgan fingerprint density at radius 3 is 2.48 bits per heavy atom. The average Bonchev–Trinajstić information content (AvgIpc) is 2.85. The van der Waals surface area contributed by atoms with E-state index in [1.807, 2.05) is 13.8 Å². The summed E-state index contributed by atoms with van der Waals surface area (Å²) in [6.45, 7) is 5.55. The first kappa shape index (κ1) is 19.1. The molecule has 1 aromatic carbocycles. The zero-order valence-corrected chi connectivity index (χ0v) is 16.0. The van der Waals surface area contributed by atoms with Crippen molar-refractivity contribution in [2.75, 3.05) is 19.4 Å². The van der Waals surface area contributed by atoms with Crippen LogP contribution in [0.4, 0.5) is 5.69 Å². The van der Waals surface area contributed by atoms with E-state index in [-0.39, 0.29) is 10.8 Å². The van der Waals surface area contributed by atoms with Gasteiger partial charge < -0.3 is 5.32 Å². The number of rotatable bonds is 6. The van der Waals surface area contributed by atoms with E-state index < -0.39 is 10.0 Å². The molecule has 0 spiro atoms. The van der Waals surface area contributed by atoms with Gasteiger partial charge in [0.2, 0.25) is 15.9 Å². The molecule has 136 valence electrons. The Hall–Kier alpha value is -2.19. The van der Waals surface area contributed by atoms with Gasteiger partial charge in [-0.1, -0.05) is 6.07 Å². The highest BCUT2D eigenvalue weighted by Crippen LogP contribution is 2.22. The zero-order valence-electron chi connectivity index (χ0n) is 15.2. The Bertz CT molecular complexity index is 866. The number of carbonyl (C=O) groups excluding carboxylic acids is 1. The third-order valence-electron chi connectivity index (χ3n) is 4.11. The summed E-state index contributed by atoms with van der Waals surface area (Å²) in [5, 5.41) is 9.78. The number of aromatic nitrogens is 2. The molecule has 0 saturated carbocycles. The molecule has 1 aromatic heterocycles. The normalized spacial score (nSPS) is 11.8. The highest BCUT2D eigenvalue weighted by molar-refractivity contribution is 7.89. The van der Waals surface area contributed by atoms with Crippen molar-refractivity contribution in [3.63, 3.8) is 0 Å². The number of carbonyl (C=O) groups is 1. The fourth-order valence-corrected chi connectivity index (χ4v) is 3.70. The summed E-state index contributed by atoms with van der Waals surface area (Å²) in [5.41, 5.74) is 3.99. The van der Waals surface area contributed by atoms with E-state index in [9.17, 15) is 13.2 Å². The van der Waals surface area contributed by atoms with E-state index in [1.165, 1.54) is 20.2 Å². The first-order valence-electron chi connectivity index (χ1n) is 7.96. The van der Waals surface area contributed by atoms with E-state index >= 15 is 0 Å². The first-order valence-corrected chi connectivity index (χ1v) is 9.40. The largest absolute Gasteiger partial charge is 0.326 e. The Morgan fingerprint density at radius 1 is 1.24 bits per heavy atom. The van der Waals surface area contributed by atoms with Gasteiger partial charge in [-0.3, -0.25) is 9.89 Å². The standard InChI is InChI=1S/C17H24N4O3S/c1-11-6-7-14(10-16(11)25(23,24)21(4)5)18-17(22)9-8-15-12(2)19-20-13(15)3/h6-7,10H,8-9H2,1-5H3,(H,18,22)(H,19,20). The van der Waals surface area contributed by atoms with Crippen molar-refractivity contribution in [3.8, 4) is 0 Å². The molecule has 7 nitrogen and oxygen atoms in total. The molecule has 0 atom stereocenters. The van der Waals surface area contributed by atoms with Crippen LogP contribution in [0.25, 0.3) is 0 Å². The second-order valence-corrected chi connectivity index (χ2v) is 8.35. The topological polar surface area (TPSA) is 95.2 Å². The molecule has 0 aliphatic carbocycles. The van der Waals surface area contributed by atoms with Crippen LogP contribution in [0, 0.1) is 20.8 Å². The maximum Gasteiger partial charge on any atom is 0.242 e. The van der Waals surface area contributed by atoms with Gasteiger partial charge in [-0.25, -0.2) is 12.7 Å². The van der Waals surface area contributed by atoms with Crippen molar-refractivity contribution in [3.05, 3.63) is 40.7 Å². The molecular formula is C17H24N4O3S. The lowest BCUT2D eigenvalue weighted by atomic mass is 10.1. The number of hydrogen-bond acceptors (Lipinski definition) is 4. The lowest BCUT2D eigenvalue weighted by molar-refractivity contribution is -0.116. The molecule has 1 amide bonds. The summed E-state index contributed by atoms with van der Waals surface area (Å²) in [6, 6.07) is 4.89. The molecule has 2 aromatic rings. The molecule has 0 bridgehead atoms. The summed E-state index contributed by atoms with van der Waals surface area (Å²) >= 11 is 0. The van der Waals surface area contributed by atoms with Crippen LogP contribution < -0.4 is 5.32 Å². The van der Waals surface area contributed by atoms with Gasteiger partial charge in [0.05, 0.1) is 10.6 Å². The predicted molar refractivity (Wildman–Crippen MR) is 97.1 cm³/mol. The number of amides is 1. The predicted octanol–water partition coefficient (Wildman–Crippen LogP) is 2.16. The first-order chi connectivity index (χ1) is 11.6. The SMILES string of the molecule is Cc1ccc(NC(=O)CCc2c(C)n[nH]c2C)cc1S(=O)(=O)N(C)C. The number of nitrogens with one attached hydrogen (secondary N) is 2. The molecule has 8 heteroatoms. The monoisotopic (exact) mass is 364 g/mol. The lowest BCUT2D eigenvalue weighted by Gasteiger charge is -2.15. The molecule has 0 fully saturated rings. The van der Waals surface area contributed by atoms with Crippen LogP contribution in [-0.4, -0.2) is 42.9 Å². The lowest BCUT2D eigenvalue weighted by Crippen LogP contribution is -2.23. The number of sulfonamides is 1. The van der Waals surface area contributed by atoms with Crippen LogP contribution in [0.1, 0.15) is 28.9 Å². The minimum atomic E-state index is -3.56. The molecule has 1 heterocycles. The maximum atomic E-state index is 12.3. The maximum absolute atomic E-state index is 12.3. The van der Waals surface area contributed by atoms with Crippen LogP contribution in [0.15, 0.2) is 23.1 Å². The molecule has 0 unspecified atom stereocenters. The van der Waals surface area contributed by atoms with Crippen molar-refractivity contribution in [2.24, 2.45) is 0 Å². The van der Waals surface area contributed by atoms with Crippen LogP contribution in [-0.2, 0) is 21.2 Å². The molecular weight excluding hydrogens is 340 g/mol. The molecule has 2 N–H and O–H groups in total. The average molecular weight is 364 g/mol. The van der Waals surface area contributed by atoms with Gasteiger partial charge in [0.1, 0.15) is 0 Å². The van der Waals surface area contributed by atoms with Crippen LogP contribution >= 0.6 is 0 Å². The van der Waals surface area contributed by atoms with Gasteiger partial charge in [0.15, 0.2) is 0 Å². The van der Waals surface area contributed by atoms with E-state index in [1.54, 1.807) is 19.1 Å². The van der Waals surface area contributed by atoms with Crippen LogP contribution in [0.2, 0.25) is 0 Å². The number of hydrogen-bond donors (Lipinski definition) is 2. The fourth-order valence-electron chi connectivity index (χ4n) is 2.56. The third-order valence-corrected chi connectivity index (χ3v) is 6.07. The van der Waals surface area contributed by atoms with E-state index in [4.69, 9.17) is 0 Å². The summed E-state index contributed by atoms with van der Waals surface area (Å²) < 4.78 is 25.9. The van der Waals surface area contributed by atoms with E-state index in [2.05, 4.69) is 15.5 Å². The number of aryl methyl sites for hydroxylation is 3. The van der Waals surface area contributed by atoms with Crippen molar-refractivity contribution in [2.45, 2.75) is 38.5 Å². The number of benzene rings is 1. The quantitative estimate of drug-likeness (QED) is 0.821. The van der Waals surface area contributed by atoms with Gasteiger partial charge in [0, 0.05) is 31.9 Å². The highest BCUT2D eigenvalue weighted by Gasteiger charge is 2.20. The van der Waals surface area contributed by atoms with Crippen molar-refractivity contribution >= 4 is 21.6 Å². The van der Waals surface area contributed by atoms with Crippen molar-refractivity contribution in [1.29, 1.82) is 0 Å². The van der Waals surface area contributed by atoms with E-state index in [0.717, 1.165) is 21.3 Å². The number of H-pyrrole nitrogens is 1. The Labute approximate surface area is 148 Å². The second kappa shape index (κ2) is 7.37. The van der Waals surface area contributed by atoms with Gasteiger partial charge >= 0.3 is 0 Å². The molecule has 2 rings (SSSR count). The van der Waals surface area contributed by atoms with Gasteiger partial charge in [0.25, 0.3) is 0 Å². The van der Waals surface area contributed by atoms with Gasteiger partial charge in [-0.2, -0.15) is 5.10 Å². The zero-order chi connectivity index (χ0) is 18.8. The second-order valence-electron chi connectivity index (χ2n) is 6.23. The van der Waals surface area contributed by atoms with Crippen molar-refractivity contribution in [1.82, 2.24) is 14.5 Å². The number of nitrogens with zero attached hydrogens (tertiary/aromatic N) is 2. The van der Waals surface area contributed by atoms with Crippen LogP contribution in [0.5, 0.6) is 0 Å². The molecule has 0 saturated heterocycles. The third kappa shape index (κ3) is 4.26. The van der Waals surface area contributed by atoms with Crippen molar-refractivity contribution < 1.29 is 13.2 Å². The molecule has 25 heavy (non-hydrogen) atoms. The Kier molecular flexibility index (Phi) is 5.64. The Balaban J connectivity index is 2.11. The molecule has 0 radical (unpaired) electrons. The van der Waals surface area contributed by atoms with Crippen LogP contribution in [0.3, 0.4) is 0 Å². The number of aromatic amines is 1. The highest BCUT2D eigenvalue weighted by atomic mass is 32.2. The minimum absolute atomic E-state index is 0.169. The summed E-state index contributed by atoms with van der Waals surface area (Å²) in [4.78, 5) is 12.4. The summed E-state index contributed by atoms with van der Waals surface area (Å²) in [6.07, 6.45) is 0.875. The minimum Gasteiger partial charge on any atom is -0.326 e. The van der Waals surface area contributed by atoms with Gasteiger partial charge in [-0.05, 0) is 50.5 Å². The summed E-state index contributed by atoms with van der Waals surface area (Å²) in [5.74, 6) is -0.169. The molecule has 0 aliphatic rings.